The number of aldehydes is 1. The van der Waals surface area contributed by atoms with Crippen LogP contribution in [0.15, 0.2) is 24.3 Å². The highest BCUT2D eigenvalue weighted by atomic mass is 16.4. The Hall–Kier alpha value is -1.72. The van der Waals surface area contributed by atoms with Crippen LogP contribution in [-0.2, 0) is 11.2 Å². The van der Waals surface area contributed by atoms with Gasteiger partial charge in [0.1, 0.15) is 12.3 Å². The highest BCUT2D eigenvalue weighted by molar-refractivity contribution is 5.74. The van der Waals surface area contributed by atoms with E-state index in [0.29, 0.717) is 19.4 Å². The third kappa shape index (κ3) is 10.1. The fraction of sp³-hybridized carbons (Fsp3) is 0.529. The predicted molar refractivity (Wildman–Crippen MR) is 89.0 cm³/mol. The van der Waals surface area contributed by atoms with E-state index in [1.807, 2.05) is 24.3 Å². The van der Waals surface area contributed by atoms with Crippen LogP contribution < -0.4 is 11.5 Å². The maximum absolute atomic E-state index is 10.4. The standard InChI is InChI=1S/C12H16O.C5H12N2O2/c1-2-3-4-5-11-6-8-12(10-13)9-7-11;6-3-1-2-4(7)5(8)9/h6-10H,2-5H2,1H3;4H,1-3,6-7H2,(H,8,9)/t;4-/m.0/s1. The first kappa shape index (κ1) is 20.3. The number of unbranched alkanes of at least 4 members (excludes halogenated alkanes) is 2. The number of hydrogen-bond acceptors (Lipinski definition) is 4. The zero-order valence-corrected chi connectivity index (χ0v) is 13.3. The average Bonchev–Trinajstić information content (AvgIpc) is 2.54. The van der Waals surface area contributed by atoms with E-state index >= 15 is 0 Å². The van der Waals surface area contributed by atoms with Crippen molar-refractivity contribution in [3.8, 4) is 0 Å². The lowest BCUT2D eigenvalue weighted by Crippen LogP contribution is -2.30. The van der Waals surface area contributed by atoms with Crippen molar-refractivity contribution in [2.45, 2.75) is 51.5 Å². The molecule has 0 unspecified atom stereocenters. The zero-order valence-electron chi connectivity index (χ0n) is 13.3. The first-order valence-corrected chi connectivity index (χ1v) is 7.77. The molecule has 0 heterocycles. The molecule has 1 aromatic carbocycles. The Morgan fingerprint density at radius 2 is 1.86 bits per heavy atom. The second-order valence-corrected chi connectivity index (χ2v) is 5.19. The monoisotopic (exact) mass is 308 g/mol. The van der Waals surface area contributed by atoms with Crippen LogP contribution in [0, 0.1) is 0 Å². The minimum Gasteiger partial charge on any atom is -0.480 e. The molecular formula is C17H28N2O3. The Morgan fingerprint density at radius 3 is 2.32 bits per heavy atom. The molecule has 0 bridgehead atoms. The highest BCUT2D eigenvalue weighted by Gasteiger charge is 2.08. The van der Waals surface area contributed by atoms with Crippen LogP contribution in [0.3, 0.4) is 0 Å². The van der Waals surface area contributed by atoms with Crippen LogP contribution >= 0.6 is 0 Å². The molecule has 0 saturated heterocycles. The predicted octanol–water partition coefficient (Wildman–Crippen LogP) is 2.37. The molecule has 0 fully saturated rings. The first-order chi connectivity index (χ1) is 10.5. The first-order valence-electron chi connectivity index (χ1n) is 7.77. The van der Waals surface area contributed by atoms with Crippen LogP contribution in [0.1, 0.15) is 54.9 Å². The topological polar surface area (TPSA) is 106 Å². The summed E-state index contributed by atoms with van der Waals surface area (Å²) in [5.74, 6) is -0.955. The quantitative estimate of drug-likeness (QED) is 0.479. The molecule has 5 nitrogen and oxygen atoms in total. The summed E-state index contributed by atoms with van der Waals surface area (Å²) in [5.41, 5.74) is 12.4. The second kappa shape index (κ2) is 13.0. The molecule has 1 aromatic rings. The van der Waals surface area contributed by atoms with Crippen molar-refractivity contribution < 1.29 is 14.7 Å². The molecule has 0 amide bonds. The lowest BCUT2D eigenvalue weighted by molar-refractivity contribution is -0.138. The molecule has 0 aromatic heterocycles. The number of aliphatic carboxylic acids is 1. The molecule has 124 valence electrons. The molecule has 0 radical (unpaired) electrons. The van der Waals surface area contributed by atoms with Gasteiger partial charge in [-0.15, -0.1) is 0 Å². The van der Waals surface area contributed by atoms with Crippen molar-refractivity contribution in [2.24, 2.45) is 11.5 Å². The Balaban J connectivity index is 0.000000433. The van der Waals surface area contributed by atoms with Gasteiger partial charge in [-0.25, -0.2) is 0 Å². The Bertz CT molecular complexity index is 418. The van der Waals surface area contributed by atoms with Crippen molar-refractivity contribution >= 4 is 12.3 Å². The summed E-state index contributed by atoms with van der Waals surface area (Å²) in [4.78, 5) is 20.4. The molecular weight excluding hydrogens is 280 g/mol. The highest BCUT2D eigenvalue weighted by Crippen LogP contribution is 2.07. The van der Waals surface area contributed by atoms with Crippen LogP contribution in [0.25, 0.3) is 0 Å². The third-order valence-corrected chi connectivity index (χ3v) is 3.22. The van der Waals surface area contributed by atoms with E-state index in [2.05, 4.69) is 6.92 Å². The number of aryl methyl sites for hydroxylation is 1. The maximum Gasteiger partial charge on any atom is 0.320 e. The molecule has 22 heavy (non-hydrogen) atoms. The average molecular weight is 308 g/mol. The van der Waals surface area contributed by atoms with Crippen LogP contribution in [0.4, 0.5) is 0 Å². The molecule has 5 heteroatoms. The van der Waals surface area contributed by atoms with Gasteiger partial charge in [-0.1, -0.05) is 44.0 Å². The van der Waals surface area contributed by atoms with E-state index in [-0.39, 0.29) is 0 Å². The summed E-state index contributed by atoms with van der Waals surface area (Å²) in [7, 11) is 0. The maximum atomic E-state index is 10.4. The zero-order chi connectivity index (χ0) is 16.8. The van der Waals surface area contributed by atoms with Crippen molar-refractivity contribution in [3.05, 3.63) is 35.4 Å². The van der Waals surface area contributed by atoms with Gasteiger partial charge in [0.25, 0.3) is 0 Å². The summed E-state index contributed by atoms with van der Waals surface area (Å²) < 4.78 is 0. The molecule has 0 aliphatic carbocycles. The minimum atomic E-state index is -0.955. The van der Waals surface area contributed by atoms with E-state index in [1.165, 1.54) is 24.8 Å². The second-order valence-electron chi connectivity index (χ2n) is 5.19. The lowest BCUT2D eigenvalue weighted by atomic mass is 10.1. The van der Waals surface area contributed by atoms with Crippen molar-refractivity contribution in [1.82, 2.24) is 0 Å². The number of carbonyl (C=O) groups excluding carboxylic acids is 1. The molecule has 0 saturated carbocycles. The van der Waals surface area contributed by atoms with Crippen LogP contribution in [0.2, 0.25) is 0 Å². The number of carboxylic acid groups (broad SMARTS) is 1. The van der Waals surface area contributed by atoms with Crippen molar-refractivity contribution in [2.75, 3.05) is 6.54 Å². The summed E-state index contributed by atoms with van der Waals surface area (Å²) in [6.07, 6.45) is 6.95. The van der Waals surface area contributed by atoms with Crippen molar-refractivity contribution in [1.29, 1.82) is 0 Å². The Kier molecular flexibility index (Phi) is 12.0. The summed E-state index contributed by atoms with van der Waals surface area (Å²) in [6, 6.07) is 7.11. The molecule has 0 aliphatic rings. The van der Waals surface area contributed by atoms with Gasteiger partial charge in [-0.3, -0.25) is 9.59 Å². The number of hydrogen-bond donors (Lipinski definition) is 3. The summed E-state index contributed by atoms with van der Waals surface area (Å²) >= 11 is 0. The van der Waals surface area contributed by atoms with Gasteiger partial charge in [0.2, 0.25) is 0 Å². The van der Waals surface area contributed by atoms with Gasteiger partial charge < -0.3 is 16.6 Å². The summed E-state index contributed by atoms with van der Waals surface area (Å²) in [6.45, 7) is 2.70. The van der Waals surface area contributed by atoms with Crippen LogP contribution in [-0.4, -0.2) is 29.9 Å². The van der Waals surface area contributed by atoms with Crippen LogP contribution in [0.5, 0.6) is 0 Å². The largest absolute Gasteiger partial charge is 0.480 e. The number of rotatable bonds is 9. The van der Waals surface area contributed by atoms with Gasteiger partial charge in [0, 0.05) is 5.56 Å². The summed E-state index contributed by atoms with van der Waals surface area (Å²) in [5, 5.41) is 8.24. The van der Waals surface area contributed by atoms with E-state index < -0.39 is 12.0 Å². The van der Waals surface area contributed by atoms with Gasteiger partial charge in [-0.2, -0.15) is 0 Å². The Morgan fingerprint density at radius 1 is 1.23 bits per heavy atom. The van der Waals surface area contributed by atoms with E-state index in [9.17, 15) is 9.59 Å². The smallest absolute Gasteiger partial charge is 0.320 e. The third-order valence-electron chi connectivity index (χ3n) is 3.22. The fourth-order valence-electron chi connectivity index (χ4n) is 1.80. The number of nitrogens with two attached hydrogens (primary N) is 2. The van der Waals surface area contributed by atoms with E-state index in [4.69, 9.17) is 16.6 Å². The Labute approximate surface area is 132 Å². The SMILES string of the molecule is CCCCCc1ccc(C=O)cc1.NCCC[C@H](N)C(=O)O. The molecule has 0 aliphatic heterocycles. The fourth-order valence-corrected chi connectivity index (χ4v) is 1.80. The van der Waals surface area contributed by atoms with Gasteiger partial charge >= 0.3 is 5.97 Å². The van der Waals surface area contributed by atoms with Gasteiger partial charge in [0.05, 0.1) is 0 Å². The number of carbonyl (C=O) groups is 2. The normalized spacial score (nSPS) is 11.2. The van der Waals surface area contributed by atoms with Gasteiger partial charge in [0.15, 0.2) is 0 Å². The number of carboxylic acids is 1. The van der Waals surface area contributed by atoms with E-state index in [1.54, 1.807) is 0 Å². The molecule has 1 rings (SSSR count). The minimum absolute atomic E-state index is 0.464. The number of benzene rings is 1. The lowest BCUT2D eigenvalue weighted by Gasteiger charge is -2.02. The van der Waals surface area contributed by atoms with E-state index in [0.717, 1.165) is 18.3 Å². The molecule has 5 N–H and O–H groups in total. The van der Waals surface area contributed by atoms with Gasteiger partial charge in [-0.05, 0) is 37.8 Å². The molecule has 0 spiro atoms. The van der Waals surface area contributed by atoms with Crippen molar-refractivity contribution in [3.63, 3.8) is 0 Å². The molecule has 1 atom stereocenters.